The normalized spacial score (nSPS) is 23.1. The molecule has 19 heavy (non-hydrogen) atoms. The van der Waals surface area contributed by atoms with Gasteiger partial charge in [0.05, 0.1) is 0 Å². The van der Waals surface area contributed by atoms with E-state index in [0.717, 1.165) is 17.8 Å². The van der Waals surface area contributed by atoms with E-state index in [1.165, 1.54) is 36.5 Å². The van der Waals surface area contributed by atoms with E-state index in [1.54, 1.807) is 0 Å². The van der Waals surface area contributed by atoms with Crippen molar-refractivity contribution in [3.05, 3.63) is 0 Å². The first kappa shape index (κ1) is 17.5. The van der Waals surface area contributed by atoms with Gasteiger partial charge in [-0.25, -0.2) is 0 Å². The second-order valence-corrected chi connectivity index (χ2v) is 9.85. The van der Waals surface area contributed by atoms with Gasteiger partial charge in [0, 0.05) is 12.6 Å². The van der Waals surface area contributed by atoms with Gasteiger partial charge < -0.3 is 8.69 Å². The van der Waals surface area contributed by atoms with E-state index in [2.05, 4.69) is 46.6 Å². The Morgan fingerprint density at radius 2 is 1.68 bits per heavy atom. The van der Waals surface area contributed by atoms with Crippen molar-refractivity contribution in [3.8, 4) is 0 Å². The summed E-state index contributed by atoms with van der Waals surface area (Å²) >= 11 is -1.02. The van der Waals surface area contributed by atoms with Crippen LogP contribution in [0, 0.1) is 17.8 Å². The lowest BCUT2D eigenvalue weighted by atomic mass is 9.94. The molecule has 2 atom stereocenters. The van der Waals surface area contributed by atoms with Gasteiger partial charge in [-0.3, -0.25) is 0 Å². The fourth-order valence-electron chi connectivity index (χ4n) is 3.26. The lowest BCUT2D eigenvalue weighted by molar-refractivity contribution is 0.0869. The molecular weight excluding hydrogens is 249 g/mol. The predicted molar refractivity (Wildman–Crippen MR) is 85.8 cm³/mol. The van der Waals surface area contributed by atoms with Gasteiger partial charge in [0.1, 0.15) is 0 Å². The molecule has 0 saturated carbocycles. The smallest absolute Gasteiger partial charge is 0.461 e. The highest BCUT2D eigenvalue weighted by Crippen LogP contribution is 2.24. The average Bonchev–Trinajstić information content (AvgIpc) is 2.26. The third-order valence-electron chi connectivity index (χ3n) is 4.20. The topological polar surface area (TPSA) is 12.5 Å². The van der Waals surface area contributed by atoms with E-state index in [4.69, 9.17) is 3.79 Å². The van der Waals surface area contributed by atoms with Gasteiger partial charge in [-0.2, -0.15) is 0 Å². The standard InChI is InChI=1S/C8H16NO.2C4H9.Al/c1-7(10)8-4-3-5-9(2)6-8;2*1-4(2)3;/h7-8H,3-6H2,1-2H3;2*4H,1H2,2-3H3;/q-1;;;+1. The van der Waals surface area contributed by atoms with Crippen LogP contribution in [0.5, 0.6) is 0 Å². The molecule has 1 aliphatic rings. The number of hydrogen-bond acceptors (Lipinski definition) is 2. The lowest BCUT2D eigenvalue weighted by Gasteiger charge is -2.35. The quantitative estimate of drug-likeness (QED) is 0.654. The third-order valence-corrected chi connectivity index (χ3v) is 7.95. The molecule has 0 bridgehead atoms. The molecule has 0 radical (unpaired) electrons. The van der Waals surface area contributed by atoms with Crippen molar-refractivity contribution < 1.29 is 3.79 Å². The van der Waals surface area contributed by atoms with Gasteiger partial charge in [-0.05, 0) is 39.3 Å². The van der Waals surface area contributed by atoms with Crippen molar-refractivity contribution in [3.63, 3.8) is 0 Å². The largest absolute Gasteiger partial charge is 0.498 e. The van der Waals surface area contributed by atoms with Gasteiger partial charge in [-0.15, -0.1) is 0 Å². The molecule has 0 N–H and O–H groups in total. The zero-order valence-electron chi connectivity index (χ0n) is 14.0. The van der Waals surface area contributed by atoms with Gasteiger partial charge in [-0.1, -0.05) is 50.1 Å². The van der Waals surface area contributed by atoms with Crippen molar-refractivity contribution in [1.82, 2.24) is 4.90 Å². The maximum Gasteiger partial charge on any atom is 0.461 e. The van der Waals surface area contributed by atoms with Crippen LogP contribution in [-0.4, -0.2) is 45.6 Å². The van der Waals surface area contributed by atoms with E-state index < -0.39 is 14.5 Å². The number of nitrogens with zero attached hydrogens (tertiary/aromatic N) is 1. The maximum absolute atomic E-state index is 6.57. The molecule has 0 aromatic carbocycles. The zero-order chi connectivity index (χ0) is 14.4. The van der Waals surface area contributed by atoms with Crippen molar-refractivity contribution in [1.29, 1.82) is 0 Å². The minimum absolute atomic E-state index is 0.469. The molecule has 3 heteroatoms. The third kappa shape index (κ3) is 7.14. The highest BCUT2D eigenvalue weighted by atomic mass is 27.2. The van der Waals surface area contributed by atoms with Crippen molar-refractivity contribution >= 4 is 14.5 Å². The van der Waals surface area contributed by atoms with E-state index in [-0.39, 0.29) is 0 Å². The Labute approximate surface area is 125 Å². The summed E-state index contributed by atoms with van der Waals surface area (Å²) in [4.78, 5) is 2.47. The SMILES string of the molecule is CC(C)[CH2][Al]([CH2]C(C)C)[O]C(C)C1CCCN(C)C1. The van der Waals surface area contributed by atoms with Crippen LogP contribution in [0.15, 0.2) is 0 Å². The molecule has 1 fully saturated rings. The highest BCUT2D eigenvalue weighted by Gasteiger charge is 2.29. The Hall–Kier alpha value is 0.452. The highest BCUT2D eigenvalue weighted by molar-refractivity contribution is 6.52. The summed E-state index contributed by atoms with van der Waals surface area (Å²) in [6, 6.07) is 0. The average molecular weight is 283 g/mol. The summed E-state index contributed by atoms with van der Waals surface area (Å²) in [5.74, 6) is 2.33. The Bertz CT molecular complexity index is 235. The van der Waals surface area contributed by atoms with Crippen LogP contribution in [0.3, 0.4) is 0 Å². The molecular formula is C16H34AlNO. The number of likely N-dealkylation sites (tertiary alicyclic amines) is 1. The minimum atomic E-state index is -1.02. The Morgan fingerprint density at radius 1 is 1.11 bits per heavy atom. The van der Waals surface area contributed by atoms with E-state index in [9.17, 15) is 0 Å². The molecule has 0 amide bonds. The monoisotopic (exact) mass is 283 g/mol. The van der Waals surface area contributed by atoms with Gasteiger partial charge in [0.15, 0.2) is 0 Å². The molecule has 2 unspecified atom stereocenters. The first-order valence-corrected chi connectivity index (χ1v) is 10.3. The molecule has 0 aliphatic carbocycles. The second-order valence-electron chi connectivity index (χ2n) is 7.39. The van der Waals surface area contributed by atoms with Crippen LogP contribution < -0.4 is 0 Å². The summed E-state index contributed by atoms with van der Waals surface area (Å²) < 4.78 is 6.57. The first-order chi connectivity index (χ1) is 8.88. The second kappa shape index (κ2) is 8.68. The van der Waals surface area contributed by atoms with Crippen molar-refractivity contribution in [2.24, 2.45) is 17.8 Å². The van der Waals surface area contributed by atoms with Gasteiger partial charge >= 0.3 is 14.5 Å². The van der Waals surface area contributed by atoms with Crippen LogP contribution in [0.1, 0.15) is 47.5 Å². The molecule has 0 spiro atoms. The van der Waals surface area contributed by atoms with E-state index in [0.29, 0.717) is 6.10 Å². The minimum Gasteiger partial charge on any atom is -0.498 e. The van der Waals surface area contributed by atoms with Crippen LogP contribution in [0.25, 0.3) is 0 Å². The van der Waals surface area contributed by atoms with E-state index in [1.807, 2.05) is 0 Å². The van der Waals surface area contributed by atoms with Crippen LogP contribution in [-0.2, 0) is 3.79 Å². The van der Waals surface area contributed by atoms with Gasteiger partial charge in [0.2, 0.25) is 0 Å². The van der Waals surface area contributed by atoms with E-state index >= 15 is 0 Å². The first-order valence-electron chi connectivity index (χ1n) is 8.22. The number of rotatable bonds is 7. The summed E-state index contributed by atoms with van der Waals surface area (Å²) in [5, 5.41) is 2.68. The maximum atomic E-state index is 6.57. The summed E-state index contributed by atoms with van der Waals surface area (Å²) in [6.45, 7) is 14.2. The lowest BCUT2D eigenvalue weighted by Crippen LogP contribution is -2.40. The molecule has 0 aromatic rings. The fourth-order valence-corrected chi connectivity index (χ4v) is 6.61. The summed E-state index contributed by atoms with van der Waals surface area (Å²) in [5.41, 5.74) is 0. The molecule has 1 aliphatic heterocycles. The molecule has 0 aromatic heterocycles. The molecule has 1 heterocycles. The Kier molecular flexibility index (Phi) is 7.99. The van der Waals surface area contributed by atoms with Gasteiger partial charge in [0.25, 0.3) is 0 Å². The van der Waals surface area contributed by atoms with Crippen LogP contribution in [0.4, 0.5) is 0 Å². The molecule has 1 saturated heterocycles. The fraction of sp³-hybridized carbons (Fsp3) is 1.00. The Balaban J connectivity index is 2.46. The molecule has 2 nitrogen and oxygen atoms in total. The molecule has 112 valence electrons. The Morgan fingerprint density at radius 3 is 2.16 bits per heavy atom. The number of hydrogen-bond donors (Lipinski definition) is 0. The summed E-state index contributed by atoms with van der Waals surface area (Å²) in [6.07, 6.45) is 3.17. The zero-order valence-corrected chi connectivity index (χ0v) is 15.1. The van der Waals surface area contributed by atoms with Crippen molar-refractivity contribution in [2.75, 3.05) is 20.1 Å². The molecule has 1 rings (SSSR count). The predicted octanol–water partition coefficient (Wildman–Crippen LogP) is 4.04. The van der Waals surface area contributed by atoms with Crippen molar-refractivity contribution in [2.45, 2.75) is 64.1 Å². The number of piperidine rings is 1. The van der Waals surface area contributed by atoms with Crippen LogP contribution in [0.2, 0.25) is 10.6 Å². The van der Waals surface area contributed by atoms with Crippen LogP contribution >= 0.6 is 0 Å². The summed E-state index contributed by atoms with van der Waals surface area (Å²) in [7, 11) is 2.25.